The number of nitrogens with zero attached hydrogens (tertiary/aromatic N) is 1. The highest BCUT2D eigenvalue weighted by Crippen LogP contribution is 2.33. The van der Waals surface area contributed by atoms with Crippen LogP contribution in [-0.4, -0.2) is 22.1 Å². The van der Waals surface area contributed by atoms with Gasteiger partial charge in [-0.3, -0.25) is 9.59 Å². The van der Waals surface area contributed by atoms with E-state index in [1.54, 1.807) is 30.0 Å². The Bertz CT molecular complexity index is 1110. The van der Waals surface area contributed by atoms with Crippen LogP contribution in [0.2, 0.25) is 0 Å². The zero-order valence-electron chi connectivity index (χ0n) is 18.1. The Morgan fingerprint density at radius 2 is 1.75 bits per heavy atom. The topological polar surface area (TPSA) is 63.1 Å². The monoisotopic (exact) mass is 451 g/mol. The van der Waals surface area contributed by atoms with E-state index in [1.807, 2.05) is 48.7 Å². The van der Waals surface area contributed by atoms with Crippen LogP contribution in [0.1, 0.15) is 64.3 Å². The summed E-state index contributed by atoms with van der Waals surface area (Å²) in [5.74, 6) is 0.0785. The van der Waals surface area contributed by atoms with Crippen molar-refractivity contribution in [3.63, 3.8) is 0 Å². The van der Waals surface area contributed by atoms with Crippen LogP contribution in [0.15, 0.2) is 65.7 Å². The second kappa shape index (κ2) is 9.61. The summed E-state index contributed by atoms with van der Waals surface area (Å²) in [4.78, 5) is 26.2. The molecule has 4 rings (SSSR count). The number of thioether (sulfide) groups is 1. The van der Waals surface area contributed by atoms with Crippen LogP contribution >= 0.6 is 11.8 Å². The average molecular weight is 452 g/mol. The normalized spacial score (nSPS) is 14.5. The van der Waals surface area contributed by atoms with Crippen LogP contribution in [0.4, 0.5) is 4.39 Å². The molecule has 0 radical (unpaired) electrons. The number of nitrogens with one attached hydrogen (secondary N) is 2. The molecule has 3 aromatic rings. The molecule has 0 bridgehead atoms. The van der Waals surface area contributed by atoms with E-state index >= 15 is 0 Å². The van der Waals surface area contributed by atoms with Crippen LogP contribution in [0.3, 0.4) is 0 Å². The van der Waals surface area contributed by atoms with E-state index in [0.29, 0.717) is 17.8 Å². The molecule has 2 aromatic carbocycles. The van der Waals surface area contributed by atoms with Crippen molar-refractivity contribution in [1.29, 1.82) is 0 Å². The number of hydrogen-bond donors (Lipinski definition) is 2. The molecule has 1 aliphatic heterocycles. The molecule has 1 unspecified atom stereocenters. The molecule has 2 heterocycles. The first-order valence-electron chi connectivity index (χ1n) is 10.8. The smallest absolute Gasteiger partial charge is 0.268 e. The predicted molar refractivity (Wildman–Crippen MR) is 124 cm³/mol. The maximum atomic E-state index is 13.2. The van der Waals surface area contributed by atoms with Gasteiger partial charge >= 0.3 is 0 Å². The van der Waals surface area contributed by atoms with Crippen molar-refractivity contribution < 1.29 is 14.0 Å². The van der Waals surface area contributed by atoms with E-state index in [4.69, 9.17) is 0 Å². The zero-order valence-corrected chi connectivity index (χ0v) is 18.9. The molecule has 0 aliphatic carbocycles. The first kappa shape index (κ1) is 22.1. The third kappa shape index (κ3) is 4.58. The third-order valence-corrected chi connectivity index (χ3v) is 6.81. The lowest BCUT2D eigenvalue weighted by molar-refractivity contribution is 0.0922. The molecular weight excluding hydrogens is 425 g/mol. The summed E-state index contributed by atoms with van der Waals surface area (Å²) >= 11 is 1.58. The van der Waals surface area contributed by atoms with Gasteiger partial charge in [-0.25, -0.2) is 4.39 Å². The number of amides is 2. The summed E-state index contributed by atoms with van der Waals surface area (Å²) in [7, 11) is 0. The van der Waals surface area contributed by atoms with Crippen molar-refractivity contribution in [2.75, 3.05) is 5.75 Å². The van der Waals surface area contributed by atoms with Gasteiger partial charge in [0, 0.05) is 12.3 Å². The van der Waals surface area contributed by atoms with Crippen LogP contribution in [0.5, 0.6) is 0 Å². The minimum Gasteiger partial charge on any atom is -0.345 e. The van der Waals surface area contributed by atoms with Gasteiger partial charge in [0.25, 0.3) is 11.8 Å². The summed E-state index contributed by atoms with van der Waals surface area (Å²) in [5.41, 5.74) is 2.87. The molecule has 0 fully saturated rings. The lowest BCUT2D eigenvalue weighted by Gasteiger charge is -2.17. The first-order chi connectivity index (χ1) is 15.5. The molecule has 1 aromatic heterocycles. The van der Waals surface area contributed by atoms with Crippen molar-refractivity contribution in [3.8, 4) is 0 Å². The van der Waals surface area contributed by atoms with Crippen LogP contribution < -0.4 is 10.6 Å². The van der Waals surface area contributed by atoms with Crippen LogP contribution in [0.25, 0.3) is 0 Å². The molecule has 2 amide bonds. The number of fused-ring (bicyclic) bond motifs is 1. The van der Waals surface area contributed by atoms with Crippen molar-refractivity contribution in [2.24, 2.45) is 0 Å². The fraction of sp³-hybridized carbons (Fsp3) is 0.280. The van der Waals surface area contributed by atoms with Crippen molar-refractivity contribution in [3.05, 3.63) is 88.9 Å². The van der Waals surface area contributed by atoms with Crippen molar-refractivity contribution in [2.45, 2.75) is 43.9 Å². The molecule has 0 saturated carbocycles. The maximum Gasteiger partial charge on any atom is 0.268 e. The van der Waals surface area contributed by atoms with Gasteiger partial charge in [0.15, 0.2) is 0 Å². The van der Waals surface area contributed by atoms with Crippen molar-refractivity contribution in [1.82, 2.24) is 15.2 Å². The maximum absolute atomic E-state index is 13.2. The van der Waals surface area contributed by atoms with Gasteiger partial charge in [-0.05, 0) is 42.7 Å². The lowest BCUT2D eigenvalue weighted by atomic mass is 10.0. The van der Waals surface area contributed by atoms with Gasteiger partial charge in [0.05, 0.1) is 22.7 Å². The van der Waals surface area contributed by atoms with Gasteiger partial charge in [-0.15, -0.1) is 11.8 Å². The summed E-state index contributed by atoms with van der Waals surface area (Å²) in [5, 5.41) is 6.90. The van der Waals surface area contributed by atoms with Gasteiger partial charge in [-0.2, -0.15) is 0 Å². The molecule has 1 aliphatic rings. The molecule has 0 spiro atoms. The SMILES string of the molecule is CC[C@@H](NC(=O)c1cc(C(=O)NC(C)c2ccc(F)cc2)c2n1CCS2)c1ccccc1. The molecule has 7 heteroatoms. The number of carbonyl (C=O) groups is 2. The standard InChI is InChI=1S/C25H26FN3O2S/c1-3-21(18-7-5-4-6-8-18)28-24(31)22-15-20(25-29(22)13-14-32-25)23(30)27-16(2)17-9-11-19(26)12-10-17/h4-12,15-16,21H,3,13-14H2,1-2H3,(H,27,30)(H,28,31)/t16?,21-/m1/s1. The van der Waals surface area contributed by atoms with Gasteiger partial charge in [-0.1, -0.05) is 49.4 Å². The van der Waals surface area contributed by atoms with E-state index in [-0.39, 0.29) is 29.7 Å². The summed E-state index contributed by atoms with van der Waals surface area (Å²) in [6.45, 7) is 4.58. The molecule has 2 N–H and O–H groups in total. The van der Waals surface area contributed by atoms with E-state index in [9.17, 15) is 14.0 Å². The van der Waals surface area contributed by atoms with Gasteiger partial charge in [0.2, 0.25) is 0 Å². The summed E-state index contributed by atoms with van der Waals surface area (Å²) in [6, 6.07) is 17.2. The van der Waals surface area contributed by atoms with Crippen LogP contribution in [-0.2, 0) is 6.54 Å². The molecule has 5 nitrogen and oxygen atoms in total. The summed E-state index contributed by atoms with van der Waals surface area (Å²) in [6.07, 6.45) is 0.764. The predicted octanol–water partition coefficient (Wildman–Crippen LogP) is 5.11. The number of halogens is 1. The fourth-order valence-corrected chi connectivity index (χ4v) is 5.06. The Morgan fingerprint density at radius 1 is 1.03 bits per heavy atom. The molecule has 2 atom stereocenters. The summed E-state index contributed by atoms with van der Waals surface area (Å²) < 4.78 is 15.1. The molecule has 166 valence electrons. The largest absolute Gasteiger partial charge is 0.345 e. The highest BCUT2D eigenvalue weighted by Gasteiger charge is 2.29. The highest BCUT2D eigenvalue weighted by molar-refractivity contribution is 7.99. The van der Waals surface area contributed by atoms with Gasteiger partial charge < -0.3 is 15.2 Å². The second-order valence-corrected chi connectivity index (χ2v) is 8.92. The average Bonchev–Trinajstić information content (AvgIpc) is 3.41. The highest BCUT2D eigenvalue weighted by atomic mass is 32.2. The Kier molecular flexibility index (Phi) is 6.65. The van der Waals surface area contributed by atoms with E-state index in [2.05, 4.69) is 10.6 Å². The lowest BCUT2D eigenvalue weighted by Crippen LogP contribution is -2.30. The second-order valence-electron chi connectivity index (χ2n) is 7.84. The van der Waals surface area contributed by atoms with Crippen LogP contribution in [0, 0.1) is 5.82 Å². The van der Waals surface area contributed by atoms with E-state index in [0.717, 1.165) is 28.3 Å². The number of benzene rings is 2. The number of hydrogen-bond acceptors (Lipinski definition) is 3. The van der Waals surface area contributed by atoms with E-state index in [1.165, 1.54) is 12.1 Å². The Morgan fingerprint density at radius 3 is 2.44 bits per heavy atom. The minimum atomic E-state index is -0.314. The fourth-order valence-electron chi connectivity index (χ4n) is 3.94. The Hall–Kier alpha value is -3.06. The quantitative estimate of drug-likeness (QED) is 0.525. The van der Waals surface area contributed by atoms with Gasteiger partial charge in [0.1, 0.15) is 11.5 Å². The molecule has 32 heavy (non-hydrogen) atoms. The third-order valence-electron chi connectivity index (χ3n) is 5.71. The van der Waals surface area contributed by atoms with Crippen molar-refractivity contribution >= 4 is 23.6 Å². The number of carbonyl (C=O) groups excluding carboxylic acids is 2. The first-order valence-corrected chi connectivity index (χ1v) is 11.7. The molecule has 0 saturated heterocycles. The number of rotatable bonds is 7. The molecular formula is C25H26FN3O2S. The zero-order chi connectivity index (χ0) is 22.7. The Balaban J connectivity index is 1.53. The Labute approximate surface area is 191 Å². The minimum absolute atomic E-state index is 0.0975. The number of aromatic nitrogens is 1. The van der Waals surface area contributed by atoms with E-state index < -0.39 is 0 Å².